The van der Waals surface area contributed by atoms with Gasteiger partial charge in [-0.1, -0.05) is 30.0 Å². The van der Waals surface area contributed by atoms with Gasteiger partial charge in [-0.15, -0.1) is 10.2 Å². The molecular formula is C12H13N3O2S. The Labute approximate surface area is 109 Å². The fourth-order valence-electron chi connectivity index (χ4n) is 1.22. The molecule has 0 saturated carbocycles. The van der Waals surface area contributed by atoms with Crippen molar-refractivity contribution < 1.29 is 9.21 Å². The van der Waals surface area contributed by atoms with Gasteiger partial charge in [0.15, 0.2) is 0 Å². The molecule has 0 radical (unpaired) electrons. The Hall–Kier alpha value is -1.82. The number of aromatic nitrogens is 2. The van der Waals surface area contributed by atoms with E-state index in [1.807, 2.05) is 30.3 Å². The molecule has 0 aliphatic carbocycles. The van der Waals surface area contributed by atoms with Gasteiger partial charge in [0.05, 0.1) is 5.75 Å². The van der Waals surface area contributed by atoms with E-state index in [0.717, 1.165) is 5.56 Å². The van der Waals surface area contributed by atoms with Gasteiger partial charge in [-0.3, -0.25) is 4.79 Å². The Kier molecular flexibility index (Phi) is 3.99. The maximum atomic E-state index is 11.4. The van der Waals surface area contributed by atoms with Crippen molar-refractivity contribution in [3.8, 4) is 11.5 Å². The summed E-state index contributed by atoms with van der Waals surface area (Å²) in [5.74, 6) is 0.776. The molecule has 18 heavy (non-hydrogen) atoms. The van der Waals surface area contributed by atoms with Crippen molar-refractivity contribution in [2.45, 2.75) is 5.22 Å². The highest BCUT2D eigenvalue weighted by molar-refractivity contribution is 7.99. The third-order valence-corrected chi connectivity index (χ3v) is 3.05. The Balaban J connectivity index is 2.01. The normalized spacial score (nSPS) is 10.3. The third kappa shape index (κ3) is 3.10. The quantitative estimate of drug-likeness (QED) is 0.789. The minimum Gasteiger partial charge on any atom is -0.411 e. The number of nitrogens with zero attached hydrogens (tertiary/aromatic N) is 3. The SMILES string of the molecule is CN(C)C(=O)CSc1nnc(-c2ccccc2)o1. The minimum atomic E-state index is 0.0134. The predicted octanol–water partition coefficient (Wildman–Crippen LogP) is 1.92. The zero-order valence-corrected chi connectivity index (χ0v) is 11.0. The van der Waals surface area contributed by atoms with Crippen LogP contribution in [-0.4, -0.2) is 40.9 Å². The van der Waals surface area contributed by atoms with Crippen LogP contribution in [0.25, 0.3) is 11.5 Å². The van der Waals surface area contributed by atoms with E-state index < -0.39 is 0 Å². The van der Waals surface area contributed by atoms with Gasteiger partial charge in [0.1, 0.15) is 0 Å². The standard InChI is InChI=1S/C12H13N3O2S/c1-15(2)10(16)8-18-12-14-13-11(17-12)9-6-4-3-5-7-9/h3-7H,8H2,1-2H3. The summed E-state index contributed by atoms with van der Waals surface area (Å²) in [7, 11) is 3.43. The fraction of sp³-hybridized carbons (Fsp3) is 0.250. The second-order valence-corrected chi connectivity index (χ2v) is 4.74. The number of hydrogen-bond donors (Lipinski definition) is 0. The lowest BCUT2D eigenvalue weighted by Crippen LogP contribution is -2.23. The molecule has 0 unspecified atom stereocenters. The molecule has 1 aromatic carbocycles. The van der Waals surface area contributed by atoms with Crippen molar-refractivity contribution in [1.29, 1.82) is 0 Å². The van der Waals surface area contributed by atoms with Crippen molar-refractivity contribution in [2.24, 2.45) is 0 Å². The summed E-state index contributed by atoms with van der Waals surface area (Å²) in [6.07, 6.45) is 0. The highest BCUT2D eigenvalue weighted by atomic mass is 32.2. The van der Waals surface area contributed by atoms with E-state index >= 15 is 0 Å². The first kappa shape index (κ1) is 12.6. The molecule has 0 bridgehead atoms. The summed E-state index contributed by atoms with van der Waals surface area (Å²) in [5, 5.41) is 8.25. The fourth-order valence-corrected chi connectivity index (χ4v) is 1.96. The molecule has 0 atom stereocenters. The number of carbonyl (C=O) groups excluding carboxylic acids is 1. The molecule has 1 heterocycles. The number of thioether (sulfide) groups is 1. The van der Waals surface area contributed by atoms with Gasteiger partial charge in [0.2, 0.25) is 11.8 Å². The Morgan fingerprint density at radius 1 is 1.28 bits per heavy atom. The number of rotatable bonds is 4. The van der Waals surface area contributed by atoms with Gasteiger partial charge < -0.3 is 9.32 Å². The lowest BCUT2D eigenvalue weighted by atomic mass is 10.2. The molecular weight excluding hydrogens is 250 g/mol. The van der Waals surface area contributed by atoms with Crippen LogP contribution in [0, 0.1) is 0 Å². The summed E-state index contributed by atoms with van der Waals surface area (Å²) in [4.78, 5) is 12.9. The van der Waals surface area contributed by atoms with E-state index in [2.05, 4.69) is 10.2 Å². The molecule has 1 aromatic heterocycles. The van der Waals surface area contributed by atoms with Gasteiger partial charge in [-0.05, 0) is 12.1 Å². The Morgan fingerprint density at radius 2 is 2.00 bits per heavy atom. The number of carbonyl (C=O) groups is 1. The summed E-state index contributed by atoms with van der Waals surface area (Å²) >= 11 is 1.24. The number of hydrogen-bond acceptors (Lipinski definition) is 5. The smallest absolute Gasteiger partial charge is 0.277 e. The first-order valence-electron chi connectivity index (χ1n) is 5.38. The van der Waals surface area contributed by atoms with Crippen LogP contribution in [0.4, 0.5) is 0 Å². The molecule has 0 saturated heterocycles. The maximum absolute atomic E-state index is 11.4. The van der Waals surface area contributed by atoms with Crippen LogP contribution in [0.15, 0.2) is 40.0 Å². The first-order chi connectivity index (χ1) is 8.66. The monoisotopic (exact) mass is 263 g/mol. The molecule has 6 heteroatoms. The van der Waals surface area contributed by atoms with Crippen LogP contribution < -0.4 is 0 Å². The van der Waals surface area contributed by atoms with E-state index in [1.165, 1.54) is 16.7 Å². The molecule has 0 spiro atoms. The van der Waals surface area contributed by atoms with E-state index in [1.54, 1.807) is 14.1 Å². The zero-order valence-electron chi connectivity index (χ0n) is 10.2. The van der Waals surface area contributed by atoms with E-state index in [9.17, 15) is 4.79 Å². The first-order valence-corrected chi connectivity index (χ1v) is 6.37. The zero-order chi connectivity index (χ0) is 13.0. The average Bonchev–Trinajstić information content (AvgIpc) is 2.85. The molecule has 5 nitrogen and oxygen atoms in total. The summed E-state index contributed by atoms with van der Waals surface area (Å²) < 4.78 is 5.47. The van der Waals surface area contributed by atoms with Crippen LogP contribution in [0.1, 0.15) is 0 Å². The van der Waals surface area contributed by atoms with E-state index in [4.69, 9.17) is 4.42 Å². The number of amides is 1. The van der Waals surface area contributed by atoms with Crippen LogP contribution in [0.2, 0.25) is 0 Å². The predicted molar refractivity (Wildman–Crippen MR) is 69.2 cm³/mol. The highest BCUT2D eigenvalue weighted by Gasteiger charge is 2.11. The van der Waals surface area contributed by atoms with Crippen molar-refractivity contribution in [3.05, 3.63) is 30.3 Å². The molecule has 2 aromatic rings. The maximum Gasteiger partial charge on any atom is 0.277 e. The second kappa shape index (κ2) is 5.68. The van der Waals surface area contributed by atoms with Gasteiger partial charge in [-0.25, -0.2) is 0 Å². The van der Waals surface area contributed by atoms with E-state index in [-0.39, 0.29) is 5.91 Å². The molecule has 0 N–H and O–H groups in total. The lowest BCUT2D eigenvalue weighted by Gasteiger charge is -2.07. The minimum absolute atomic E-state index is 0.0134. The Morgan fingerprint density at radius 3 is 2.67 bits per heavy atom. The average molecular weight is 263 g/mol. The molecule has 94 valence electrons. The summed E-state index contributed by atoms with van der Waals surface area (Å²) in [5.41, 5.74) is 0.871. The van der Waals surface area contributed by atoms with Crippen molar-refractivity contribution in [2.75, 3.05) is 19.8 Å². The van der Waals surface area contributed by atoms with Gasteiger partial charge in [0.25, 0.3) is 5.22 Å². The van der Waals surface area contributed by atoms with Gasteiger partial charge in [-0.2, -0.15) is 0 Å². The molecule has 0 aliphatic rings. The lowest BCUT2D eigenvalue weighted by molar-refractivity contribution is -0.125. The Bertz CT molecular complexity index is 525. The molecule has 0 aliphatic heterocycles. The topological polar surface area (TPSA) is 59.2 Å². The van der Waals surface area contributed by atoms with Crippen molar-refractivity contribution in [1.82, 2.24) is 15.1 Å². The van der Waals surface area contributed by atoms with Crippen molar-refractivity contribution >= 4 is 17.7 Å². The highest BCUT2D eigenvalue weighted by Crippen LogP contribution is 2.22. The van der Waals surface area contributed by atoms with Crippen LogP contribution >= 0.6 is 11.8 Å². The number of benzene rings is 1. The molecule has 1 amide bonds. The van der Waals surface area contributed by atoms with Crippen LogP contribution in [-0.2, 0) is 4.79 Å². The second-order valence-electron chi connectivity index (χ2n) is 3.82. The van der Waals surface area contributed by atoms with Crippen molar-refractivity contribution in [3.63, 3.8) is 0 Å². The van der Waals surface area contributed by atoms with E-state index in [0.29, 0.717) is 16.9 Å². The van der Waals surface area contributed by atoms with Crippen LogP contribution in [0.5, 0.6) is 0 Å². The third-order valence-electron chi connectivity index (χ3n) is 2.25. The van der Waals surface area contributed by atoms with Gasteiger partial charge >= 0.3 is 0 Å². The van der Waals surface area contributed by atoms with Crippen LogP contribution in [0.3, 0.4) is 0 Å². The summed E-state index contributed by atoms with van der Waals surface area (Å²) in [6.45, 7) is 0. The molecule has 0 fully saturated rings. The largest absolute Gasteiger partial charge is 0.411 e. The molecule has 2 rings (SSSR count). The van der Waals surface area contributed by atoms with Gasteiger partial charge in [0, 0.05) is 19.7 Å². The summed E-state index contributed by atoms with van der Waals surface area (Å²) in [6, 6.07) is 9.52.